The predicted octanol–water partition coefficient (Wildman–Crippen LogP) is 4.05. The molecule has 0 heterocycles. The lowest BCUT2D eigenvalue weighted by Gasteiger charge is -2.23. The quantitative estimate of drug-likeness (QED) is 0.865. The Morgan fingerprint density at radius 2 is 1.70 bits per heavy atom. The maximum absolute atomic E-state index is 10.9. The topological polar surface area (TPSA) is 57.5 Å². The van der Waals surface area contributed by atoms with E-state index in [0.717, 1.165) is 16.7 Å². The maximum Gasteiger partial charge on any atom is 0.339 e. The Hall–Kier alpha value is -2.29. The van der Waals surface area contributed by atoms with E-state index in [2.05, 4.69) is 26.8 Å². The third-order valence-electron chi connectivity index (χ3n) is 3.27. The molecule has 0 radical (unpaired) electrons. The summed E-state index contributed by atoms with van der Waals surface area (Å²) in [6.07, 6.45) is 0. The summed E-state index contributed by atoms with van der Waals surface area (Å²) in [5.74, 6) is -1.34. The highest BCUT2D eigenvalue weighted by Gasteiger charge is 2.19. The van der Waals surface area contributed by atoms with E-state index in [1.54, 1.807) is 6.07 Å². The molecule has 0 bridgehead atoms. The number of carbonyl (C=O) groups is 1. The number of rotatable bonds is 2. The van der Waals surface area contributed by atoms with Crippen molar-refractivity contribution in [1.29, 1.82) is 0 Å². The first-order valence-corrected chi connectivity index (χ1v) is 6.47. The summed E-state index contributed by atoms with van der Waals surface area (Å²) in [5.41, 5.74) is 2.87. The number of carboxylic acids is 1. The van der Waals surface area contributed by atoms with Gasteiger partial charge in [-0.15, -0.1) is 0 Å². The van der Waals surface area contributed by atoms with Crippen molar-refractivity contribution in [3.05, 3.63) is 53.6 Å². The highest BCUT2D eigenvalue weighted by atomic mass is 16.4. The van der Waals surface area contributed by atoms with Gasteiger partial charge < -0.3 is 10.2 Å². The highest BCUT2D eigenvalue weighted by molar-refractivity contribution is 5.91. The van der Waals surface area contributed by atoms with E-state index >= 15 is 0 Å². The summed E-state index contributed by atoms with van der Waals surface area (Å²) < 4.78 is 0. The summed E-state index contributed by atoms with van der Waals surface area (Å²) in [5, 5.41) is 18.8. The number of aromatic hydroxyl groups is 1. The minimum atomic E-state index is -1.13. The van der Waals surface area contributed by atoms with Crippen LogP contribution in [0.1, 0.15) is 36.7 Å². The third-order valence-corrected chi connectivity index (χ3v) is 3.27. The fraction of sp³-hybridized carbons (Fsp3) is 0.235. The van der Waals surface area contributed by atoms with Gasteiger partial charge in [-0.3, -0.25) is 0 Å². The number of phenols is 1. The lowest BCUT2D eigenvalue weighted by atomic mass is 9.82. The van der Waals surface area contributed by atoms with E-state index in [0.29, 0.717) is 0 Å². The van der Waals surface area contributed by atoms with Crippen LogP contribution in [0.15, 0.2) is 42.5 Å². The molecule has 3 heteroatoms. The van der Waals surface area contributed by atoms with Crippen LogP contribution in [0, 0.1) is 0 Å². The number of hydrogen-bond donors (Lipinski definition) is 2. The molecular weight excluding hydrogens is 252 g/mol. The first-order chi connectivity index (χ1) is 9.30. The number of carboxylic acid groups (broad SMARTS) is 1. The van der Waals surface area contributed by atoms with Gasteiger partial charge in [0, 0.05) is 0 Å². The van der Waals surface area contributed by atoms with Crippen molar-refractivity contribution in [3.63, 3.8) is 0 Å². The van der Waals surface area contributed by atoms with E-state index < -0.39 is 5.97 Å². The molecule has 20 heavy (non-hydrogen) atoms. The van der Waals surface area contributed by atoms with Crippen LogP contribution in [0.2, 0.25) is 0 Å². The van der Waals surface area contributed by atoms with Gasteiger partial charge in [-0.25, -0.2) is 4.79 Å². The van der Waals surface area contributed by atoms with Crippen LogP contribution in [0.25, 0.3) is 11.1 Å². The van der Waals surface area contributed by atoms with Crippen LogP contribution >= 0.6 is 0 Å². The van der Waals surface area contributed by atoms with Crippen molar-refractivity contribution in [1.82, 2.24) is 0 Å². The lowest BCUT2D eigenvalue weighted by Crippen LogP contribution is -2.12. The summed E-state index contributed by atoms with van der Waals surface area (Å²) >= 11 is 0. The Morgan fingerprint density at radius 1 is 1.05 bits per heavy atom. The second-order valence-electron chi connectivity index (χ2n) is 5.83. The van der Waals surface area contributed by atoms with Gasteiger partial charge in [0.2, 0.25) is 0 Å². The summed E-state index contributed by atoms with van der Waals surface area (Å²) in [4.78, 5) is 10.9. The van der Waals surface area contributed by atoms with Gasteiger partial charge in [0.25, 0.3) is 0 Å². The summed E-state index contributed by atoms with van der Waals surface area (Å²) in [7, 11) is 0. The van der Waals surface area contributed by atoms with Crippen molar-refractivity contribution < 1.29 is 15.0 Å². The second-order valence-corrected chi connectivity index (χ2v) is 5.83. The van der Waals surface area contributed by atoms with Gasteiger partial charge in [-0.1, -0.05) is 51.1 Å². The van der Waals surface area contributed by atoms with Gasteiger partial charge in [0.1, 0.15) is 11.3 Å². The normalized spacial score (nSPS) is 11.3. The average Bonchev–Trinajstić information content (AvgIpc) is 2.37. The molecule has 2 N–H and O–H groups in total. The fourth-order valence-electron chi connectivity index (χ4n) is 2.27. The SMILES string of the molecule is CC(C)(C)c1ccccc1-c1ccc(C(=O)O)c(O)c1. The van der Waals surface area contributed by atoms with Gasteiger partial charge in [-0.05, 0) is 34.2 Å². The molecule has 2 aromatic carbocycles. The van der Waals surface area contributed by atoms with Crippen LogP contribution in [0.5, 0.6) is 5.75 Å². The number of benzene rings is 2. The number of aromatic carboxylic acids is 1. The molecule has 0 fully saturated rings. The first kappa shape index (κ1) is 14.1. The lowest BCUT2D eigenvalue weighted by molar-refractivity contribution is 0.0694. The minimum absolute atomic E-state index is 0.0301. The zero-order valence-electron chi connectivity index (χ0n) is 11.8. The Balaban J connectivity index is 2.59. The molecule has 0 unspecified atom stereocenters. The summed E-state index contributed by atoms with van der Waals surface area (Å²) in [6.45, 7) is 6.37. The van der Waals surface area contributed by atoms with E-state index in [9.17, 15) is 9.90 Å². The Kier molecular flexibility index (Phi) is 3.53. The van der Waals surface area contributed by atoms with Crippen molar-refractivity contribution in [2.24, 2.45) is 0 Å². The van der Waals surface area contributed by atoms with E-state index in [4.69, 9.17) is 5.11 Å². The molecule has 0 saturated carbocycles. The third kappa shape index (κ3) is 2.67. The van der Waals surface area contributed by atoms with Crippen LogP contribution in [-0.4, -0.2) is 16.2 Å². The minimum Gasteiger partial charge on any atom is -0.507 e. The Bertz CT molecular complexity index is 652. The van der Waals surface area contributed by atoms with Gasteiger partial charge in [-0.2, -0.15) is 0 Å². The molecule has 0 aromatic heterocycles. The molecule has 0 aliphatic carbocycles. The van der Waals surface area contributed by atoms with Crippen LogP contribution in [-0.2, 0) is 5.41 Å². The molecule has 0 saturated heterocycles. The Labute approximate surface area is 118 Å². The molecule has 0 aliphatic rings. The predicted molar refractivity (Wildman–Crippen MR) is 79.2 cm³/mol. The molecule has 3 nitrogen and oxygen atoms in total. The first-order valence-electron chi connectivity index (χ1n) is 6.47. The Morgan fingerprint density at radius 3 is 2.25 bits per heavy atom. The smallest absolute Gasteiger partial charge is 0.339 e. The average molecular weight is 270 g/mol. The van der Waals surface area contributed by atoms with Crippen molar-refractivity contribution in [3.8, 4) is 16.9 Å². The fourth-order valence-corrected chi connectivity index (χ4v) is 2.27. The van der Waals surface area contributed by atoms with Gasteiger partial charge >= 0.3 is 5.97 Å². The maximum atomic E-state index is 10.9. The van der Waals surface area contributed by atoms with Gasteiger partial charge in [0.05, 0.1) is 0 Å². The molecule has 2 aromatic rings. The largest absolute Gasteiger partial charge is 0.507 e. The van der Waals surface area contributed by atoms with Crippen LogP contribution in [0.3, 0.4) is 0 Å². The molecule has 0 atom stereocenters. The van der Waals surface area contributed by atoms with Gasteiger partial charge in [0.15, 0.2) is 0 Å². The zero-order chi connectivity index (χ0) is 14.9. The highest BCUT2D eigenvalue weighted by Crippen LogP contribution is 2.34. The molecule has 104 valence electrons. The number of hydrogen-bond acceptors (Lipinski definition) is 2. The second kappa shape index (κ2) is 5.00. The van der Waals surface area contributed by atoms with Crippen LogP contribution < -0.4 is 0 Å². The van der Waals surface area contributed by atoms with Crippen molar-refractivity contribution in [2.45, 2.75) is 26.2 Å². The van der Waals surface area contributed by atoms with Crippen LogP contribution in [0.4, 0.5) is 0 Å². The van der Waals surface area contributed by atoms with Crippen molar-refractivity contribution >= 4 is 5.97 Å². The molecule has 0 amide bonds. The molecule has 0 spiro atoms. The van der Waals surface area contributed by atoms with E-state index in [-0.39, 0.29) is 16.7 Å². The van der Waals surface area contributed by atoms with E-state index in [1.807, 2.05) is 18.2 Å². The molecule has 2 rings (SSSR count). The van der Waals surface area contributed by atoms with E-state index in [1.165, 1.54) is 12.1 Å². The molecule has 0 aliphatic heterocycles. The molecular formula is C17H18O3. The standard InChI is InChI=1S/C17H18O3/c1-17(2,3)14-7-5-4-6-12(14)11-8-9-13(16(19)20)15(18)10-11/h4-10,18H,1-3H3,(H,19,20). The summed E-state index contributed by atoms with van der Waals surface area (Å²) in [6, 6.07) is 12.6. The van der Waals surface area contributed by atoms with Crippen molar-refractivity contribution in [2.75, 3.05) is 0 Å². The monoisotopic (exact) mass is 270 g/mol. The zero-order valence-corrected chi connectivity index (χ0v) is 11.8.